The van der Waals surface area contributed by atoms with E-state index in [9.17, 15) is 24.3 Å². The van der Waals surface area contributed by atoms with E-state index in [4.69, 9.17) is 23.7 Å². The molecular formula is C27H36O10. The molecule has 0 spiro atoms. The maximum absolute atomic E-state index is 13.3. The lowest BCUT2D eigenvalue weighted by Gasteiger charge is -2.61. The smallest absolute Gasteiger partial charge is 0.341 e. The first kappa shape index (κ1) is 27.3. The molecule has 0 aromatic carbocycles. The predicted molar refractivity (Wildman–Crippen MR) is 128 cm³/mol. The topological polar surface area (TPSA) is 138 Å². The molecule has 0 aromatic rings. The lowest BCUT2D eigenvalue weighted by Crippen LogP contribution is -2.72. The molecule has 4 aliphatic rings. The SMILES string of the molecule is C=C1C(=O)O[C@@H]2[C@H]1[C@H](OC(=O)[C@]1(C)O[C@@H]1C)[C@@H](OC(=O)/C(C)=C\C)[C@]1(C)[C@@H]2[C@@](C)(O)CC[C@H]1OC(C)=O. The zero-order valence-corrected chi connectivity index (χ0v) is 22.4. The van der Waals surface area contributed by atoms with Crippen molar-refractivity contribution in [3.05, 3.63) is 23.8 Å². The number of epoxide rings is 1. The van der Waals surface area contributed by atoms with Gasteiger partial charge in [-0.05, 0) is 47.5 Å². The predicted octanol–water partition coefficient (Wildman–Crippen LogP) is 2.16. The standard InChI is InChI=1S/C27H36O10/c1-9-12(2)22(29)36-21-19(35-24(31)27(8)14(4)37-27)17-13(3)23(30)34-18(17)20-25(6,32)11-10-16(26(20,21)7)33-15(5)28/h9,14,16-21,32H,3,10-11H2,1-2,4-8H3/b12-9-/t14-,16-,17+,18-,19+,20+,21-,25+,26+,27-/m1/s1. The monoisotopic (exact) mass is 520 g/mol. The maximum Gasteiger partial charge on any atom is 0.341 e. The van der Waals surface area contributed by atoms with Crippen molar-refractivity contribution in [1.82, 2.24) is 0 Å². The molecule has 2 saturated carbocycles. The van der Waals surface area contributed by atoms with Crippen molar-refractivity contribution < 1.29 is 48.0 Å². The highest BCUT2D eigenvalue weighted by atomic mass is 16.7. The summed E-state index contributed by atoms with van der Waals surface area (Å²) in [4.78, 5) is 51.3. The number of esters is 4. The van der Waals surface area contributed by atoms with Crippen LogP contribution in [-0.2, 0) is 42.9 Å². The number of fused-ring (bicyclic) bond motifs is 3. The van der Waals surface area contributed by atoms with Gasteiger partial charge in [-0.3, -0.25) is 4.79 Å². The second-order valence-corrected chi connectivity index (χ2v) is 11.3. The zero-order valence-electron chi connectivity index (χ0n) is 22.4. The van der Waals surface area contributed by atoms with Crippen molar-refractivity contribution in [2.75, 3.05) is 0 Å². The molecule has 2 aliphatic carbocycles. The van der Waals surface area contributed by atoms with E-state index in [1.165, 1.54) is 6.92 Å². The lowest BCUT2D eigenvalue weighted by molar-refractivity contribution is -0.279. The molecule has 4 fully saturated rings. The van der Waals surface area contributed by atoms with Gasteiger partial charge in [-0.1, -0.05) is 19.6 Å². The Labute approximate surface area is 216 Å². The van der Waals surface area contributed by atoms with Crippen molar-refractivity contribution in [3.8, 4) is 0 Å². The van der Waals surface area contributed by atoms with Gasteiger partial charge < -0.3 is 28.8 Å². The molecule has 0 aromatic heterocycles. The summed E-state index contributed by atoms with van der Waals surface area (Å²) < 4.78 is 29.0. The summed E-state index contributed by atoms with van der Waals surface area (Å²) in [6.45, 7) is 15.1. The number of hydrogen-bond donors (Lipinski definition) is 1. The number of rotatable bonds is 5. The molecule has 37 heavy (non-hydrogen) atoms. The van der Waals surface area contributed by atoms with E-state index in [0.717, 1.165) is 0 Å². The number of carbonyl (C=O) groups is 4. The van der Waals surface area contributed by atoms with Crippen LogP contribution in [0.1, 0.15) is 61.3 Å². The second-order valence-electron chi connectivity index (χ2n) is 11.3. The Kier molecular flexibility index (Phi) is 6.60. The van der Waals surface area contributed by atoms with Crippen LogP contribution in [0.15, 0.2) is 23.8 Å². The van der Waals surface area contributed by atoms with E-state index in [1.807, 2.05) is 0 Å². The normalized spacial score (nSPS) is 44.8. The van der Waals surface area contributed by atoms with Gasteiger partial charge in [-0.2, -0.15) is 0 Å². The van der Waals surface area contributed by atoms with Crippen LogP contribution in [0.25, 0.3) is 0 Å². The van der Waals surface area contributed by atoms with Crippen LogP contribution in [-0.4, -0.2) is 70.7 Å². The van der Waals surface area contributed by atoms with E-state index in [1.54, 1.807) is 47.6 Å². The highest BCUT2D eigenvalue weighted by Crippen LogP contribution is 2.61. The van der Waals surface area contributed by atoms with Gasteiger partial charge in [0.2, 0.25) is 0 Å². The summed E-state index contributed by atoms with van der Waals surface area (Å²) in [5.74, 6) is -4.35. The molecule has 1 N–H and O–H groups in total. The van der Waals surface area contributed by atoms with Gasteiger partial charge in [-0.15, -0.1) is 0 Å². The minimum atomic E-state index is -1.39. The lowest BCUT2D eigenvalue weighted by atomic mass is 9.49. The minimum Gasteiger partial charge on any atom is -0.462 e. The maximum atomic E-state index is 13.3. The number of carbonyl (C=O) groups excluding carboxylic acids is 4. The van der Waals surface area contributed by atoms with Crippen molar-refractivity contribution in [2.24, 2.45) is 17.3 Å². The Balaban J connectivity index is 1.90. The van der Waals surface area contributed by atoms with E-state index >= 15 is 0 Å². The third-order valence-electron chi connectivity index (χ3n) is 8.89. The third-order valence-corrected chi connectivity index (χ3v) is 8.89. The summed E-state index contributed by atoms with van der Waals surface area (Å²) in [6, 6.07) is 0. The van der Waals surface area contributed by atoms with Crippen molar-refractivity contribution in [3.63, 3.8) is 0 Å². The molecule has 10 heteroatoms. The first-order chi connectivity index (χ1) is 17.1. The molecule has 10 atom stereocenters. The van der Waals surface area contributed by atoms with E-state index in [-0.39, 0.29) is 24.5 Å². The Hall–Kier alpha value is -2.72. The molecule has 2 heterocycles. The fourth-order valence-electron chi connectivity index (χ4n) is 6.47. The summed E-state index contributed by atoms with van der Waals surface area (Å²) >= 11 is 0. The Morgan fingerprint density at radius 2 is 1.76 bits per heavy atom. The van der Waals surface area contributed by atoms with Gasteiger partial charge in [0.15, 0.2) is 11.7 Å². The van der Waals surface area contributed by atoms with Gasteiger partial charge >= 0.3 is 23.9 Å². The molecule has 0 unspecified atom stereocenters. The average molecular weight is 521 g/mol. The molecule has 204 valence electrons. The Morgan fingerprint density at radius 3 is 2.30 bits per heavy atom. The van der Waals surface area contributed by atoms with E-state index in [0.29, 0.717) is 5.57 Å². The zero-order chi connectivity index (χ0) is 27.7. The number of aliphatic hydroxyl groups is 1. The van der Waals surface area contributed by atoms with Crippen molar-refractivity contribution in [1.29, 1.82) is 0 Å². The minimum absolute atomic E-state index is 0.0500. The van der Waals surface area contributed by atoms with Crippen molar-refractivity contribution in [2.45, 2.75) is 103 Å². The quantitative estimate of drug-likeness (QED) is 0.248. The van der Waals surface area contributed by atoms with Gasteiger partial charge in [0.25, 0.3) is 0 Å². The van der Waals surface area contributed by atoms with E-state index in [2.05, 4.69) is 6.58 Å². The summed E-state index contributed by atoms with van der Waals surface area (Å²) in [5.41, 5.74) is -3.53. The van der Waals surface area contributed by atoms with Crippen LogP contribution in [0.3, 0.4) is 0 Å². The molecule has 10 nitrogen and oxygen atoms in total. The fourth-order valence-corrected chi connectivity index (χ4v) is 6.47. The summed E-state index contributed by atoms with van der Waals surface area (Å²) in [6.07, 6.45) is -2.54. The van der Waals surface area contributed by atoms with Gasteiger partial charge in [0.05, 0.1) is 23.0 Å². The van der Waals surface area contributed by atoms with Gasteiger partial charge in [0.1, 0.15) is 18.3 Å². The van der Waals surface area contributed by atoms with Crippen LogP contribution in [0.5, 0.6) is 0 Å². The van der Waals surface area contributed by atoms with Crippen LogP contribution in [0.4, 0.5) is 0 Å². The highest BCUT2D eigenvalue weighted by Gasteiger charge is 2.73. The number of allylic oxidation sites excluding steroid dienone is 1. The molecule has 4 rings (SSSR count). The average Bonchev–Trinajstić information content (AvgIpc) is 3.33. The Bertz CT molecular complexity index is 1080. The number of hydrogen-bond acceptors (Lipinski definition) is 10. The van der Waals surface area contributed by atoms with Crippen molar-refractivity contribution >= 4 is 23.9 Å². The highest BCUT2D eigenvalue weighted by molar-refractivity contribution is 5.92. The first-order valence-corrected chi connectivity index (χ1v) is 12.6. The second kappa shape index (κ2) is 8.94. The summed E-state index contributed by atoms with van der Waals surface area (Å²) in [7, 11) is 0. The van der Waals surface area contributed by atoms with Crippen LogP contribution in [0, 0.1) is 17.3 Å². The van der Waals surface area contributed by atoms with Gasteiger partial charge in [0, 0.05) is 24.0 Å². The van der Waals surface area contributed by atoms with Crippen LogP contribution >= 0.6 is 0 Å². The first-order valence-electron chi connectivity index (χ1n) is 12.6. The summed E-state index contributed by atoms with van der Waals surface area (Å²) in [5, 5.41) is 11.6. The molecule has 2 aliphatic heterocycles. The molecule has 2 saturated heterocycles. The van der Waals surface area contributed by atoms with Crippen LogP contribution in [0.2, 0.25) is 0 Å². The molecule has 0 amide bonds. The molecule has 0 bridgehead atoms. The van der Waals surface area contributed by atoms with Gasteiger partial charge in [-0.25, -0.2) is 14.4 Å². The largest absolute Gasteiger partial charge is 0.462 e. The molecule has 0 radical (unpaired) electrons. The fraction of sp³-hybridized carbons (Fsp3) is 0.704. The Morgan fingerprint density at radius 1 is 1.14 bits per heavy atom. The van der Waals surface area contributed by atoms with E-state index < -0.39 is 76.7 Å². The van der Waals surface area contributed by atoms with Crippen LogP contribution < -0.4 is 0 Å². The number of ether oxygens (including phenoxy) is 5. The molecular weight excluding hydrogens is 484 g/mol. The third kappa shape index (κ3) is 4.18.